The fourth-order valence-corrected chi connectivity index (χ4v) is 6.08. The van der Waals surface area contributed by atoms with Gasteiger partial charge in [-0.05, 0) is 49.7 Å². The van der Waals surface area contributed by atoms with Gasteiger partial charge in [-0.2, -0.15) is 13.2 Å². The van der Waals surface area contributed by atoms with Crippen LogP contribution in [0.5, 0.6) is 0 Å². The van der Waals surface area contributed by atoms with Crippen molar-refractivity contribution >= 4 is 28.3 Å². The molecule has 182 valence electrons. The van der Waals surface area contributed by atoms with Crippen LogP contribution in [-0.2, 0) is 11.0 Å². The van der Waals surface area contributed by atoms with E-state index in [0.29, 0.717) is 22.2 Å². The number of hydrogen-bond donors (Lipinski definition) is 3. The number of halogens is 4. The lowest BCUT2D eigenvalue weighted by Gasteiger charge is -2.47. The number of H-pyrrole nitrogens is 1. The van der Waals surface area contributed by atoms with Crippen molar-refractivity contribution in [3.63, 3.8) is 0 Å². The lowest BCUT2D eigenvalue weighted by Crippen LogP contribution is -2.51. The van der Waals surface area contributed by atoms with Gasteiger partial charge in [0.05, 0.1) is 17.8 Å². The molecular formula is C24H21F4N5O2. The largest absolute Gasteiger partial charge is 0.481 e. The third kappa shape index (κ3) is 3.43. The number of carboxylic acids is 1. The Bertz CT molecular complexity index is 1450. The Labute approximate surface area is 196 Å². The molecule has 3 aliphatic rings. The van der Waals surface area contributed by atoms with Crippen molar-refractivity contribution in [2.45, 2.75) is 37.9 Å². The Kier molecular flexibility index (Phi) is 4.81. The summed E-state index contributed by atoms with van der Waals surface area (Å²) in [6.07, 6.45) is 3.47. The van der Waals surface area contributed by atoms with E-state index < -0.39 is 35.6 Å². The Morgan fingerprint density at radius 2 is 1.86 bits per heavy atom. The second-order valence-electron chi connectivity index (χ2n) is 9.40. The number of rotatable bonds is 4. The molecule has 4 aromatic rings. The van der Waals surface area contributed by atoms with Crippen molar-refractivity contribution < 1.29 is 27.5 Å². The number of aliphatic carboxylic acids is 1. The van der Waals surface area contributed by atoms with E-state index in [1.165, 1.54) is 24.5 Å². The summed E-state index contributed by atoms with van der Waals surface area (Å²) in [6.45, 7) is 0. The summed E-state index contributed by atoms with van der Waals surface area (Å²) in [7, 11) is 0. The minimum atomic E-state index is -4.74. The zero-order valence-corrected chi connectivity index (χ0v) is 18.3. The number of imidazole rings is 1. The van der Waals surface area contributed by atoms with Gasteiger partial charge in [-0.15, -0.1) is 0 Å². The van der Waals surface area contributed by atoms with Crippen LogP contribution < -0.4 is 5.32 Å². The molecule has 3 N–H and O–H groups in total. The number of nitrogens with one attached hydrogen (secondary N) is 2. The van der Waals surface area contributed by atoms with E-state index in [9.17, 15) is 27.5 Å². The van der Waals surface area contributed by atoms with Crippen LogP contribution in [0.3, 0.4) is 0 Å². The van der Waals surface area contributed by atoms with Crippen molar-refractivity contribution in [2.24, 2.45) is 17.8 Å². The smallest absolute Gasteiger partial charge is 0.433 e. The van der Waals surface area contributed by atoms with Crippen LogP contribution in [-0.4, -0.2) is 36.5 Å². The van der Waals surface area contributed by atoms with Crippen LogP contribution in [0.4, 0.5) is 23.2 Å². The number of carboxylic acid groups (broad SMARTS) is 1. The maximum atomic E-state index is 14.4. The van der Waals surface area contributed by atoms with Gasteiger partial charge in [0, 0.05) is 41.1 Å². The Morgan fingerprint density at radius 3 is 2.57 bits per heavy atom. The molecule has 0 aliphatic heterocycles. The molecule has 1 unspecified atom stereocenters. The number of fused-ring (bicyclic) bond motifs is 5. The van der Waals surface area contributed by atoms with Crippen LogP contribution in [0.25, 0.3) is 27.8 Å². The summed E-state index contributed by atoms with van der Waals surface area (Å²) < 4.78 is 58.0. The van der Waals surface area contributed by atoms with Crippen molar-refractivity contribution in [2.75, 3.05) is 5.32 Å². The number of carbonyl (C=O) groups is 1. The van der Waals surface area contributed by atoms with Crippen LogP contribution in [0.2, 0.25) is 0 Å². The predicted octanol–water partition coefficient (Wildman–Crippen LogP) is 5.34. The van der Waals surface area contributed by atoms with Gasteiger partial charge in [-0.25, -0.2) is 14.4 Å². The first-order valence-corrected chi connectivity index (χ1v) is 11.4. The minimum absolute atomic E-state index is 0.0319. The average Bonchev–Trinajstić information content (AvgIpc) is 3.45. The predicted molar refractivity (Wildman–Crippen MR) is 119 cm³/mol. The van der Waals surface area contributed by atoms with E-state index in [1.807, 2.05) is 0 Å². The van der Waals surface area contributed by atoms with Crippen molar-refractivity contribution in [3.05, 3.63) is 48.4 Å². The van der Waals surface area contributed by atoms with Crippen LogP contribution in [0.15, 0.2) is 36.9 Å². The van der Waals surface area contributed by atoms with Gasteiger partial charge in [0.15, 0.2) is 5.69 Å². The molecule has 35 heavy (non-hydrogen) atoms. The summed E-state index contributed by atoms with van der Waals surface area (Å²) in [4.78, 5) is 23.2. The lowest BCUT2D eigenvalue weighted by molar-refractivity contribution is -0.148. The summed E-state index contributed by atoms with van der Waals surface area (Å²) in [5, 5.41) is 13.3. The third-order valence-corrected chi connectivity index (χ3v) is 7.55. The highest BCUT2D eigenvalue weighted by Gasteiger charge is 2.48. The fraction of sp³-hybridized carbons (Fsp3) is 0.375. The molecule has 3 aliphatic carbocycles. The Morgan fingerprint density at radius 1 is 1.11 bits per heavy atom. The molecule has 0 aromatic carbocycles. The van der Waals surface area contributed by atoms with Gasteiger partial charge < -0.3 is 15.4 Å². The van der Waals surface area contributed by atoms with E-state index >= 15 is 0 Å². The third-order valence-electron chi connectivity index (χ3n) is 7.55. The van der Waals surface area contributed by atoms with Gasteiger partial charge >= 0.3 is 12.1 Å². The highest BCUT2D eigenvalue weighted by Crippen LogP contribution is 2.48. The zero-order valence-electron chi connectivity index (χ0n) is 18.3. The Balaban J connectivity index is 1.56. The molecule has 2 bridgehead atoms. The maximum absolute atomic E-state index is 14.4. The van der Waals surface area contributed by atoms with Crippen molar-refractivity contribution in [3.8, 4) is 11.1 Å². The van der Waals surface area contributed by atoms with Crippen LogP contribution in [0.1, 0.15) is 31.4 Å². The second-order valence-corrected chi connectivity index (χ2v) is 9.40. The molecule has 0 amide bonds. The van der Waals surface area contributed by atoms with Crippen LogP contribution >= 0.6 is 0 Å². The number of hydrogen-bond acceptors (Lipinski definition) is 4. The Hall–Kier alpha value is -3.63. The van der Waals surface area contributed by atoms with Crippen LogP contribution in [0, 0.1) is 23.6 Å². The molecule has 3 fully saturated rings. The molecule has 4 aromatic heterocycles. The van der Waals surface area contributed by atoms with E-state index in [0.717, 1.165) is 36.3 Å². The normalized spacial score (nSPS) is 24.3. The lowest BCUT2D eigenvalue weighted by atomic mass is 9.61. The van der Waals surface area contributed by atoms with Gasteiger partial charge in [0.25, 0.3) is 0 Å². The maximum Gasteiger partial charge on any atom is 0.433 e. The summed E-state index contributed by atoms with van der Waals surface area (Å²) >= 11 is 0. The first-order valence-electron chi connectivity index (χ1n) is 11.4. The molecule has 3 saturated carbocycles. The van der Waals surface area contributed by atoms with E-state index in [-0.39, 0.29) is 23.2 Å². The number of aromatic amines is 1. The average molecular weight is 487 g/mol. The highest BCUT2D eigenvalue weighted by molar-refractivity contribution is 5.98. The number of anilines is 1. The van der Waals surface area contributed by atoms with E-state index in [1.54, 1.807) is 6.20 Å². The SMILES string of the molecule is O=C(O)[C@@H]1C(Nc2cc(-c3c[nH]c4ncc(F)cc34)c3nccn3c2C(F)(F)F)[C@H]2CC[C@@H]1CC2. The fourth-order valence-electron chi connectivity index (χ4n) is 6.08. The van der Waals surface area contributed by atoms with Gasteiger partial charge in [-0.1, -0.05) is 0 Å². The standard InChI is InChI=1S/C24H21F4N5O2/c25-13-7-14-16(10-31-21(14)30-9-13)15-8-17(20(24(26,27)28)33-6-5-29-22(15)33)32-19-12-3-1-11(2-4-12)18(19)23(34)35/h5-12,18-19,32H,1-4H2,(H,30,31)(H,34,35)/t11-,12+,18-,19?/m0/s1. The number of pyridine rings is 2. The van der Waals surface area contributed by atoms with Crippen molar-refractivity contribution in [1.82, 2.24) is 19.4 Å². The van der Waals surface area contributed by atoms with Gasteiger partial charge in [-0.3, -0.25) is 9.20 Å². The quantitative estimate of drug-likeness (QED) is 0.338. The summed E-state index contributed by atoms with van der Waals surface area (Å²) in [5.74, 6) is -2.44. The van der Waals surface area contributed by atoms with E-state index in [4.69, 9.17) is 0 Å². The second kappa shape index (κ2) is 7.69. The first kappa shape index (κ1) is 21.9. The van der Waals surface area contributed by atoms with Gasteiger partial charge in [0.2, 0.25) is 0 Å². The minimum Gasteiger partial charge on any atom is -0.481 e. The molecule has 2 atom stereocenters. The van der Waals surface area contributed by atoms with E-state index in [2.05, 4.69) is 20.3 Å². The molecule has 7 nitrogen and oxygen atoms in total. The van der Waals surface area contributed by atoms with Gasteiger partial charge in [0.1, 0.15) is 17.1 Å². The highest BCUT2D eigenvalue weighted by atomic mass is 19.4. The number of alkyl halides is 3. The summed E-state index contributed by atoms with van der Waals surface area (Å²) in [5.41, 5.74) is 0.0462. The molecular weight excluding hydrogens is 466 g/mol. The molecule has 7 rings (SSSR count). The zero-order chi connectivity index (χ0) is 24.5. The molecule has 0 spiro atoms. The monoisotopic (exact) mass is 487 g/mol. The first-order chi connectivity index (χ1) is 16.7. The topological polar surface area (TPSA) is 95.3 Å². The molecule has 11 heteroatoms. The van der Waals surface area contributed by atoms with Crippen molar-refractivity contribution in [1.29, 1.82) is 0 Å². The molecule has 4 heterocycles. The summed E-state index contributed by atoms with van der Waals surface area (Å²) in [6, 6.07) is 1.98. The molecule has 0 radical (unpaired) electrons. The number of nitrogens with zero attached hydrogens (tertiary/aromatic N) is 3. The molecule has 0 saturated heterocycles. The number of aromatic nitrogens is 4.